The molecule has 0 spiro atoms. The van der Waals surface area contributed by atoms with Crippen LogP contribution in [-0.4, -0.2) is 11.9 Å². The Labute approximate surface area is 134 Å². The molecular formula is C18H25ClN2. The van der Waals surface area contributed by atoms with Gasteiger partial charge in [-0.25, -0.2) is 0 Å². The molecule has 0 amide bonds. The molecule has 0 aliphatic carbocycles. The number of nitrogens with zero attached hydrogens (tertiary/aromatic N) is 1. The Morgan fingerprint density at radius 3 is 2.14 bits per heavy atom. The van der Waals surface area contributed by atoms with Crippen LogP contribution in [0.2, 0.25) is 0 Å². The molecule has 0 aliphatic heterocycles. The van der Waals surface area contributed by atoms with Gasteiger partial charge in [-0.05, 0) is 41.8 Å². The van der Waals surface area contributed by atoms with Gasteiger partial charge in [0.05, 0.1) is 0 Å². The summed E-state index contributed by atoms with van der Waals surface area (Å²) < 4.78 is 0. The lowest BCUT2D eigenvalue weighted by Crippen LogP contribution is -2.17. The van der Waals surface area contributed by atoms with Gasteiger partial charge in [0.15, 0.2) is 0 Å². The van der Waals surface area contributed by atoms with E-state index in [2.05, 4.69) is 56.1 Å². The zero-order chi connectivity index (χ0) is 14.5. The number of rotatable bonds is 5. The van der Waals surface area contributed by atoms with Gasteiger partial charge in [-0.15, -0.1) is 12.4 Å². The molecule has 2 N–H and O–H groups in total. The minimum absolute atomic E-state index is 0. The van der Waals surface area contributed by atoms with E-state index in [0.29, 0.717) is 5.92 Å². The van der Waals surface area contributed by atoms with E-state index in [1.165, 1.54) is 16.7 Å². The van der Waals surface area contributed by atoms with Crippen molar-refractivity contribution in [2.24, 2.45) is 0 Å². The van der Waals surface area contributed by atoms with Crippen molar-refractivity contribution >= 4 is 18.1 Å². The molecule has 114 valence electrons. The van der Waals surface area contributed by atoms with Gasteiger partial charge >= 0.3 is 0 Å². The van der Waals surface area contributed by atoms with Crippen molar-refractivity contribution in [3.05, 3.63) is 65.2 Å². The molecule has 2 aromatic carbocycles. The lowest BCUT2D eigenvalue weighted by molar-refractivity contribution is 0.319. The van der Waals surface area contributed by atoms with Crippen LogP contribution < -0.4 is 5.73 Å². The molecular weight excluding hydrogens is 280 g/mol. The number of nitrogens with two attached hydrogens (primary N) is 1. The number of nitrogen functional groups attached to an aromatic ring is 1. The van der Waals surface area contributed by atoms with Crippen LogP contribution in [0, 0.1) is 0 Å². The highest BCUT2D eigenvalue weighted by atomic mass is 35.5. The van der Waals surface area contributed by atoms with Gasteiger partial charge in [-0.3, -0.25) is 4.90 Å². The second-order valence-electron chi connectivity index (χ2n) is 5.81. The van der Waals surface area contributed by atoms with Gasteiger partial charge in [0.1, 0.15) is 0 Å². The Hall–Kier alpha value is -1.51. The topological polar surface area (TPSA) is 29.3 Å². The smallest absolute Gasteiger partial charge is 0.0317 e. The van der Waals surface area contributed by atoms with Gasteiger partial charge in [0, 0.05) is 18.8 Å². The molecule has 2 rings (SSSR count). The third-order valence-electron chi connectivity index (χ3n) is 3.50. The summed E-state index contributed by atoms with van der Waals surface area (Å²) in [4.78, 5) is 2.30. The van der Waals surface area contributed by atoms with Gasteiger partial charge in [0.25, 0.3) is 0 Å². The highest BCUT2D eigenvalue weighted by molar-refractivity contribution is 5.85. The van der Waals surface area contributed by atoms with Gasteiger partial charge in [-0.1, -0.05) is 50.2 Å². The summed E-state index contributed by atoms with van der Waals surface area (Å²) >= 11 is 0. The van der Waals surface area contributed by atoms with Crippen LogP contribution >= 0.6 is 12.4 Å². The van der Waals surface area contributed by atoms with Crippen LogP contribution in [0.4, 0.5) is 5.69 Å². The number of hydrogen-bond acceptors (Lipinski definition) is 2. The maximum atomic E-state index is 5.81. The highest BCUT2D eigenvalue weighted by Crippen LogP contribution is 2.16. The highest BCUT2D eigenvalue weighted by Gasteiger charge is 2.03. The zero-order valence-corrected chi connectivity index (χ0v) is 13.9. The molecule has 21 heavy (non-hydrogen) atoms. The molecule has 2 aromatic rings. The molecule has 0 heterocycles. The van der Waals surface area contributed by atoms with Crippen LogP contribution in [0.3, 0.4) is 0 Å². The molecule has 0 saturated carbocycles. The molecule has 0 atom stereocenters. The fourth-order valence-corrected chi connectivity index (χ4v) is 2.38. The van der Waals surface area contributed by atoms with Crippen molar-refractivity contribution in [1.82, 2.24) is 4.90 Å². The van der Waals surface area contributed by atoms with Gasteiger partial charge in [-0.2, -0.15) is 0 Å². The summed E-state index contributed by atoms with van der Waals surface area (Å²) in [5, 5.41) is 0. The van der Waals surface area contributed by atoms with E-state index in [-0.39, 0.29) is 12.4 Å². The van der Waals surface area contributed by atoms with Crippen LogP contribution in [0.5, 0.6) is 0 Å². The average Bonchev–Trinajstić information content (AvgIpc) is 2.39. The Morgan fingerprint density at radius 1 is 0.952 bits per heavy atom. The van der Waals surface area contributed by atoms with Crippen LogP contribution in [0.25, 0.3) is 0 Å². The monoisotopic (exact) mass is 304 g/mol. The maximum Gasteiger partial charge on any atom is 0.0317 e. The second-order valence-corrected chi connectivity index (χ2v) is 5.81. The number of hydrogen-bond donors (Lipinski definition) is 1. The van der Waals surface area contributed by atoms with Crippen molar-refractivity contribution in [2.75, 3.05) is 12.8 Å². The van der Waals surface area contributed by atoms with Crippen molar-refractivity contribution < 1.29 is 0 Å². The van der Waals surface area contributed by atoms with E-state index in [1.54, 1.807) is 0 Å². The largest absolute Gasteiger partial charge is 0.399 e. The minimum Gasteiger partial charge on any atom is -0.399 e. The molecule has 0 fully saturated rings. The Kier molecular flexibility index (Phi) is 6.73. The zero-order valence-electron chi connectivity index (χ0n) is 13.0. The first kappa shape index (κ1) is 17.5. The fourth-order valence-electron chi connectivity index (χ4n) is 2.38. The Bertz CT molecular complexity index is 549. The summed E-state index contributed by atoms with van der Waals surface area (Å²) in [6.45, 7) is 6.31. The van der Waals surface area contributed by atoms with Crippen molar-refractivity contribution in [3.63, 3.8) is 0 Å². The van der Waals surface area contributed by atoms with Crippen molar-refractivity contribution in [1.29, 1.82) is 0 Å². The van der Waals surface area contributed by atoms with Crippen LogP contribution in [0.1, 0.15) is 36.5 Å². The molecule has 0 bridgehead atoms. The van der Waals surface area contributed by atoms with E-state index in [1.807, 2.05) is 18.2 Å². The lowest BCUT2D eigenvalue weighted by atomic mass is 10.0. The van der Waals surface area contributed by atoms with Crippen molar-refractivity contribution in [3.8, 4) is 0 Å². The number of benzene rings is 2. The Balaban J connectivity index is 0.00000220. The number of halogens is 1. The van der Waals surface area contributed by atoms with E-state index >= 15 is 0 Å². The predicted molar refractivity (Wildman–Crippen MR) is 93.8 cm³/mol. The first-order valence-electron chi connectivity index (χ1n) is 7.16. The van der Waals surface area contributed by atoms with Crippen LogP contribution in [0.15, 0.2) is 48.5 Å². The second kappa shape index (κ2) is 8.06. The quantitative estimate of drug-likeness (QED) is 0.827. The van der Waals surface area contributed by atoms with Crippen molar-refractivity contribution in [2.45, 2.75) is 32.9 Å². The van der Waals surface area contributed by atoms with E-state index in [9.17, 15) is 0 Å². The number of anilines is 1. The van der Waals surface area contributed by atoms with E-state index < -0.39 is 0 Å². The molecule has 0 aromatic heterocycles. The third kappa shape index (κ3) is 5.41. The molecule has 0 saturated heterocycles. The standard InChI is InChI=1S/C18H24N2.ClH/c1-14(2)17-9-7-15(8-10-17)12-20(3)13-16-5-4-6-18(19)11-16;/h4-11,14H,12-13,19H2,1-3H3;1H. The molecule has 0 aliphatic rings. The fraction of sp³-hybridized carbons (Fsp3) is 0.333. The van der Waals surface area contributed by atoms with E-state index in [0.717, 1.165) is 18.8 Å². The van der Waals surface area contributed by atoms with Crippen LogP contribution in [-0.2, 0) is 13.1 Å². The van der Waals surface area contributed by atoms with Gasteiger partial charge < -0.3 is 5.73 Å². The molecule has 3 heteroatoms. The molecule has 0 radical (unpaired) electrons. The first-order valence-corrected chi connectivity index (χ1v) is 7.16. The predicted octanol–water partition coefficient (Wildman–Crippen LogP) is 4.45. The Morgan fingerprint density at radius 2 is 1.57 bits per heavy atom. The SMILES string of the molecule is CC(C)c1ccc(CN(C)Cc2cccc(N)c2)cc1.Cl. The summed E-state index contributed by atoms with van der Waals surface area (Å²) in [5.74, 6) is 0.592. The molecule has 2 nitrogen and oxygen atoms in total. The molecule has 0 unspecified atom stereocenters. The summed E-state index contributed by atoms with van der Waals surface area (Å²) in [6.07, 6.45) is 0. The minimum atomic E-state index is 0. The first-order chi connectivity index (χ1) is 9.54. The normalized spacial score (nSPS) is 10.7. The van der Waals surface area contributed by atoms with Gasteiger partial charge in [0.2, 0.25) is 0 Å². The third-order valence-corrected chi connectivity index (χ3v) is 3.50. The lowest BCUT2D eigenvalue weighted by Gasteiger charge is -2.17. The summed E-state index contributed by atoms with van der Waals surface area (Å²) in [7, 11) is 2.14. The summed E-state index contributed by atoms with van der Waals surface area (Å²) in [5.41, 5.74) is 10.6. The average molecular weight is 305 g/mol. The van der Waals surface area contributed by atoms with E-state index in [4.69, 9.17) is 5.73 Å². The summed E-state index contributed by atoms with van der Waals surface area (Å²) in [6, 6.07) is 17.0. The maximum absolute atomic E-state index is 5.81.